The van der Waals surface area contributed by atoms with E-state index in [1.807, 2.05) is 0 Å². The molecule has 0 spiro atoms. The molecule has 0 heterocycles. The van der Waals surface area contributed by atoms with Crippen molar-refractivity contribution in [3.05, 3.63) is 70.3 Å². The van der Waals surface area contributed by atoms with Crippen molar-refractivity contribution in [1.29, 1.82) is 0 Å². The van der Waals surface area contributed by atoms with E-state index in [1.165, 1.54) is 27.8 Å². The van der Waals surface area contributed by atoms with Gasteiger partial charge >= 0.3 is 0 Å². The first-order valence-electron chi connectivity index (χ1n) is 7.96. The molecular formula is C20H27N. The van der Waals surface area contributed by atoms with E-state index < -0.39 is 0 Å². The lowest BCUT2D eigenvalue weighted by Gasteiger charge is -2.20. The summed E-state index contributed by atoms with van der Waals surface area (Å²) in [5.41, 5.74) is 6.98. The van der Waals surface area contributed by atoms with E-state index in [9.17, 15) is 0 Å². The van der Waals surface area contributed by atoms with Gasteiger partial charge in [0, 0.05) is 6.04 Å². The van der Waals surface area contributed by atoms with Crippen LogP contribution < -0.4 is 5.32 Å². The van der Waals surface area contributed by atoms with Gasteiger partial charge in [-0.05, 0) is 56.8 Å². The number of hydrogen-bond donors (Lipinski definition) is 1. The van der Waals surface area contributed by atoms with Crippen LogP contribution in [-0.4, -0.2) is 6.54 Å². The molecule has 0 aliphatic heterocycles. The molecule has 2 rings (SSSR count). The monoisotopic (exact) mass is 281 g/mol. The number of aryl methyl sites for hydroxylation is 4. The summed E-state index contributed by atoms with van der Waals surface area (Å²) in [6.45, 7) is 9.75. The lowest BCUT2D eigenvalue weighted by atomic mass is 9.95. The predicted octanol–water partition coefficient (Wildman–Crippen LogP) is 4.90. The Morgan fingerprint density at radius 2 is 1.62 bits per heavy atom. The zero-order chi connectivity index (χ0) is 15.2. The fraction of sp³-hybridized carbons (Fsp3) is 0.400. The molecule has 1 nitrogen and oxygen atoms in total. The van der Waals surface area contributed by atoms with E-state index >= 15 is 0 Å². The van der Waals surface area contributed by atoms with E-state index in [0.717, 1.165) is 19.4 Å². The highest BCUT2D eigenvalue weighted by molar-refractivity contribution is 5.31. The SMILES string of the molecule is CCNC(CCc1ccccc1C)c1cc(C)cc(C)c1. The normalized spacial score (nSPS) is 12.4. The highest BCUT2D eigenvalue weighted by Crippen LogP contribution is 2.22. The molecule has 0 amide bonds. The van der Waals surface area contributed by atoms with Gasteiger partial charge in [-0.3, -0.25) is 0 Å². The summed E-state index contributed by atoms with van der Waals surface area (Å²) in [6.07, 6.45) is 2.26. The lowest BCUT2D eigenvalue weighted by molar-refractivity contribution is 0.514. The summed E-state index contributed by atoms with van der Waals surface area (Å²) in [5, 5.41) is 3.64. The molecule has 0 bridgehead atoms. The molecule has 2 aromatic carbocycles. The first-order valence-corrected chi connectivity index (χ1v) is 7.96. The molecule has 0 fully saturated rings. The Balaban J connectivity index is 2.14. The molecule has 112 valence electrons. The van der Waals surface area contributed by atoms with Gasteiger partial charge in [-0.2, -0.15) is 0 Å². The number of benzene rings is 2. The summed E-state index contributed by atoms with van der Waals surface area (Å²) in [7, 11) is 0. The molecule has 0 aliphatic rings. The van der Waals surface area contributed by atoms with Crippen molar-refractivity contribution in [1.82, 2.24) is 5.32 Å². The maximum Gasteiger partial charge on any atom is 0.0323 e. The number of nitrogens with one attached hydrogen (secondary N) is 1. The Morgan fingerprint density at radius 1 is 0.952 bits per heavy atom. The average molecular weight is 281 g/mol. The van der Waals surface area contributed by atoms with Crippen molar-refractivity contribution < 1.29 is 0 Å². The first kappa shape index (κ1) is 15.8. The second-order valence-electron chi connectivity index (χ2n) is 6.00. The lowest BCUT2D eigenvalue weighted by Crippen LogP contribution is -2.21. The van der Waals surface area contributed by atoms with Crippen LogP contribution >= 0.6 is 0 Å². The second kappa shape index (κ2) is 7.42. The van der Waals surface area contributed by atoms with Gasteiger partial charge in [-0.25, -0.2) is 0 Å². The van der Waals surface area contributed by atoms with Crippen molar-refractivity contribution in [2.24, 2.45) is 0 Å². The van der Waals surface area contributed by atoms with Crippen LogP contribution in [0.5, 0.6) is 0 Å². The largest absolute Gasteiger partial charge is 0.310 e. The van der Waals surface area contributed by atoms with Crippen LogP contribution in [0.4, 0.5) is 0 Å². The molecule has 0 aromatic heterocycles. The fourth-order valence-corrected chi connectivity index (χ4v) is 3.03. The highest BCUT2D eigenvalue weighted by Gasteiger charge is 2.11. The minimum atomic E-state index is 0.438. The van der Waals surface area contributed by atoms with Crippen LogP contribution in [0.15, 0.2) is 42.5 Å². The van der Waals surface area contributed by atoms with Crippen LogP contribution in [0.2, 0.25) is 0 Å². The van der Waals surface area contributed by atoms with Gasteiger partial charge in [0.2, 0.25) is 0 Å². The van der Waals surface area contributed by atoms with Crippen LogP contribution in [0, 0.1) is 20.8 Å². The third-order valence-corrected chi connectivity index (χ3v) is 4.06. The standard InChI is InChI=1S/C20H27N/c1-5-21-20(19-13-15(2)12-16(3)14-19)11-10-18-9-7-6-8-17(18)4/h6-9,12-14,20-21H,5,10-11H2,1-4H3. The first-order chi connectivity index (χ1) is 10.1. The van der Waals surface area contributed by atoms with E-state index in [0.29, 0.717) is 6.04 Å². The zero-order valence-corrected chi connectivity index (χ0v) is 13.7. The molecule has 0 saturated heterocycles. The fourth-order valence-electron chi connectivity index (χ4n) is 3.03. The summed E-state index contributed by atoms with van der Waals surface area (Å²) >= 11 is 0. The van der Waals surface area contributed by atoms with E-state index in [2.05, 4.69) is 75.5 Å². The van der Waals surface area contributed by atoms with E-state index in [4.69, 9.17) is 0 Å². The molecular weight excluding hydrogens is 254 g/mol. The number of hydrogen-bond acceptors (Lipinski definition) is 1. The Kier molecular flexibility index (Phi) is 5.58. The molecule has 21 heavy (non-hydrogen) atoms. The van der Waals surface area contributed by atoms with Gasteiger partial charge in [0.05, 0.1) is 0 Å². The van der Waals surface area contributed by atoms with Crippen molar-refractivity contribution in [2.45, 2.75) is 46.6 Å². The Labute approximate surface area is 129 Å². The van der Waals surface area contributed by atoms with E-state index in [-0.39, 0.29) is 0 Å². The molecule has 2 aromatic rings. The van der Waals surface area contributed by atoms with Crippen molar-refractivity contribution in [2.75, 3.05) is 6.54 Å². The van der Waals surface area contributed by atoms with E-state index in [1.54, 1.807) is 0 Å². The molecule has 1 N–H and O–H groups in total. The van der Waals surface area contributed by atoms with Crippen molar-refractivity contribution >= 4 is 0 Å². The predicted molar refractivity (Wildman–Crippen MR) is 91.8 cm³/mol. The smallest absolute Gasteiger partial charge is 0.0323 e. The average Bonchev–Trinajstić information content (AvgIpc) is 2.44. The van der Waals surface area contributed by atoms with Crippen LogP contribution in [0.25, 0.3) is 0 Å². The summed E-state index contributed by atoms with van der Waals surface area (Å²) in [5.74, 6) is 0. The molecule has 1 atom stereocenters. The van der Waals surface area contributed by atoms with Gasteiger partial charge in [-0.1, -0.05) is 60.5 Å². The maximum absolute atomic E-state index is 3.64. The molecule has 0 saturated carbocycles. The maximum atomic E-state index is 3.64. The molecule has 1 unspecified atom stereocenters. The summed E-state index contributed by atoms with van der Waals surface area (Å²) in [6, 6.07) is 16.0. The third kappa shape index (κ3) is 4.44. The third-order valence-electron chi connectivity index (χ3n) is 4.06. The summed E-state index contributed by atoms with van der Waals surface area (Å²) in [4.78, 5) is 0. The van der Waals surface area contributed by atoms with Gasteiger partial charge in [-0.15, -0.1) is 0 Å². The number of rotatable bonds is 6. The Morgan fingerprint density at radius 3 is 2.24 bits per heavy atom. The summed E-state index contributed by atoms with van der Waals surface area (Å²) < 4.78 is 0. The van der Waals surface area contributed by atoms with Crippen LogP contribution in [-0.2, 0) is 6.42 Å². The zero-order valence-electron chi connectivity index (χ0n) is 13.7. The minimum Gasteiger partial charge on any atom is -0.310 e. The van der Waals surface area contributed by atoms with Gasteiger partial charge < -0.3 is 5.32 Å². The Hall–Kier alpha value is -1.60. The van der Waals surface area contributed by atoms with Crippen LogP contribution in [0.3, 0.4) is 0 Å². The van der Waals surface area contributed by atoms with Gasteiger partial charge in [0.15, 0.2) is 0 Å². The van der Waals surface area contributed by atoms with Crippen molar-refractivity contribution in [3.63, 3.8) is 0 Å². The molecule has 0 radical (unpaired) electrons. The highest BCUT2D eigenvalue weighted by atomic mass is 14.9. The molecule has 0 aliphatic carbocycles. The van der Waals surface area contributed by atoms with Gasteiger partial charge in [0.25, 0.3) is 0 Å². The second-order valence-corrected chi connectivity index (χ2v) is 6.00. The minimum absolute atomic E-state index is 0.438. The van der Waals surface area contributed by atoms with Crippen LogP contribution in [0.1, 0.15) is 47.2 Å². The quantitative estimate of drug-likeness (QED) is 0.794. The Bertz CT molecular complexity index is 566. The van der Waals surface area contributed by atoms with Gasteiger partial charge in [0.1, 0.15) is 0 Å². The topological polar surface area (TPSA) is 12.0 Å². The van der Waals surface area contributed by atoms with Crippen molar-refractivity contribution in [3.8, 4) is 0 Å². The molecule has 1 heteroatoms.